The zero-order valence-electron chi connectivity index (χ0n) is 23.8. The van der Waals surface area contributed by atoms with Crippen molar-refractivity contribution in [3.05, 3.63) is 76.3 Å². The summed E-state index contributed by atoms with van der Waals surface area (Å²) in [5.41, 5.74) is 0.858. The minimum atomic E-state index is -0.921. The zero-order valence-corrected chi connectivity index (χ0v) is 25.4. The van der Waals surface area contributed by atoms with Crippen LogP contribution in [0.25, 0.3) is 6.08 Å². The van der Waals surface area contributed by atoms with Gasteiger partial charge >= 0.3 is 6.03 Å². The summed E-state index contributed by atoms with van der Waals surface area (Å²) in [6.07, 6.45) is 1.34. The third-order valence-electron chi connectivity index (χ3n) is 5.93. The van der Waals surface area contributed by atoms with Crippen molar-refractivity contribution in [2.75, 3.05) is 36.6 Å². The molecule has 1 saturated heterocycles. The number of amides is 5. The summed E-state index contributed by atoms with van der Waals surface area (Å²) in [7, 11) is 0. The fraction of sp³-hybridized carbons (Fsp3) is 0.226. The molecule has 1 heterocycles. The van der Waals surface area contributed by atoms with Gasteiger partial charge in [-0.2, -0.15) is 0 Å². The number of anilines is 2. The molecule has 0 atom stereocenters. The summed E-state index contributed by atoms with van der Waals surface area (Å²) < 4.78 is 23.1. The number of halogens is 1. The van der Waals surface area contributed by atoms with Crippen molar-refractivity contribution in [2.24, 2.45) is 0 Å². The molecule has 224 valence electrons. The highest BCUT2D eigenvalue weighted by molar-refractivity contribution is 9.10. The fourth-order valence-electron chi connectivity index (χ4n) is 4.18. The number of urea groups is 1. The Labute approximate surface area is 256 Å². The van der Waals surface area contributed by atoms with Gasteiger partial charge in [0, 0.05) is 11.8 Å². The molecule has 11 nitrogen and oxygen atoms in total. The van der Waals surface area contributed by atoms with Gasteiger partial charge in [0.15, 0.2) is 18.1 Å². The van der Waals surface area contributed by atoms with Crippen LogP contribution in [-0.2, 0) is 14.4 Å². The molecular formula is C31H30BrN3O8. The van der Waals surface area contributed by atoms with Crippen molar-refractivity contribution in [1.82, 2.24) is 5.32 Å². The molecule has 2 N–H and O–H groups in total. The Balaban J connectivity index is 1.63. The van der Waals surface area contributed by atoms with Crippen LogP contribution in [0.3, 0.4) is 0 Å². The van der Waals surface area contributed by atoms with Gasteiger partial charge in [0.25, 0.3) is 17.7 Å². The molecule has 43 heavy (non-hydrogen) atoms. The average Bonchev–Trinajstić information content (AvgIpc) is 2.97. The van der Waals surface area contributed by atoms with Gasteiger partial charge in [-0.15, -0.1) is 0 Å². The van der Waals surface area contributed by atoms with Crippen LogP contribution in [0.1, 0.15) is 26.3 Å². The number of barbiturate groups is 1. The van der Waals surface area contributed by atoms with Gasteiger partial charge in [0.2, 0.25) is 0 Å². The number of hydrogen-bond donors (Lipinski definition) is 2. The number of hydrogen-bond acceptors (Lipinski definition) is 8. The Kier molecular flexibility index (Phi) is 10.4. The minimum Gasteiger partial charge on any atom is -0.494 e. The maximum atomic E-state index is 13.6. The van der Waals surface area contributed by atoms with Gasteiger partial charge < -0.3 is 24.3 Å². The van der Waals surface area contributed by atoms with E-state index in [1.54, 1.807) is 69.3 Å². The second-order valence-corrected chi connectivity index (χ2v) is 9.77. The topological polar surface area (TPSA) is 133 Å². The molecule has 3 aromatic rings. The lowest BCUT2D eigenvalue weighted by Gasteiger charge is -2.28. The van der Waals surface area contributed by atoms with Crippen LogP contribution in [0.15, 0.2) is 70.7 Å². The first kappa shape index (κ1) is 31.1. The molecule has 0 bridgehead atoms. The SMILES string of the molecule is CCOc1ccc(OCC)c(N2C(=O)NC(=O)/C(=C\c3cc(Br)c(OCC(=O)Nc4ccccc4)c(OCC)c3)C2=O)c1. The van der Waals surface area contributed by atoms with E-state index in [4.69, 9.17) is 18.9 Å². The first-order valence-corrected chi connectivity index (χ1v) is 14.3. The lowest BCUT2D eigenvalue weighted by atomic mass is 10.1. The predicted molar refractivity (Wildman–Crippen MR) is 164 cm³/mol. The summed E-state index contributed by atoms with van der Waals surface area (Å²) in [6.45, 7) is 5.97. The summed E-state index contributed by atoms with van der Waals surface area (Å²) in [5.74, 6) is -0.869. The zero-order chi connectivity index (χ0) is 30.9. The van der Waals surface area contributed by atoms with E-state index < -0.39 is 17.8 Å². The second kappa shape index (κ2) is 14.4. The smallest absolute Gasteiger partial charge is 0.336 e. The van der Waals surface area contributed by atoms with Crippen LogP contribution in [0, 0.1) is 0 Å². The summed E-state index contributed by atoms with van der Waals surface area (Å²) in [4.78, 5) is 52.6. The van der Waals surface area contributed by atoms with E-state index in [1.165, 1.54) is 12.1 Å². The normalized spacial score (nSPS) is 13.9. The molecule has 1 fully saturated rings. The van der Waals surface area contributed by atoms with E-state index in [2.05, 4.69) is 26.6 Å². The Morgan fingerprint density at radius 2 is 1.58 bits per heavy atom. The fourth-order valence-corrected chi connectivity index (χ4v) is 4.75. The van der Waals surface area contributed by atoms with Gasteiger partial charge in [-0.05, 0) is 84.7 Å². The molecule has 0 aromatic heterocycles. The number of ether oxygens (including phenoxy) is 4. The molecule has 4 rings (SSSR count). The molecule has 0 aliphatic carbocycles. The van der Waals surface area contributed by atoms with Crippen LogP contribution in [0.5, 0.6) is 23.0 Å². The number of nitrogens with zero attached hydrogens (tertiary/aromatic N) is 1. The number of carbonyl (C=O) groups excluding carboxylic acids is 4. The Bertz CT molecular complexity index is 1560. The third kappa shape index (κ3) is 7.52. The first-order valence-electron chi connectivity index (χ1n) is 13.5. The van der Waals surface area contributed by atoms with E-state index in [0.29, 0.717) is 28.1 Å². The molecule has 0 unspecified atom stereocenters. The van der Waals surface area contributed by atoms with Gasteiger partial charge in [-0.1, -0.05) is 18.2 Å². The van der Waals surface area contributed by atoms with Crippen LogP contribution < -0.4 is 34.5 Å². The molecule has 3 aromatic carbocycles. The van der Waals surface area contributed by atoms with Crippen LogP contribution in [0.2, 0.25) is 0 Å². The first-order chi connectivity index (χ1) is 20.7. The maximum Gasteiger partial charge on any atom is 0.336 e. The number of carbonyl (C=O) groups is 4. The minimum absolute atomic E-state index is 0.127. The summed E-state index contributed by atoms with van der Waals surface area (Å²) >= 11 is 3.44. The van der Waals surface area contributed by atoms with Gasteiger partial charge in [0.1, 0.15) is 17.1 Å². The van der Waals surface area contributed by atoms with Crippen LogP contribution in [0.4, 0.5) is 16.2 Å². The molecule has 1 aliphatic rings. The van der Waals surface area contributed by atoms with E-state index in [0.717, 1.165) is 4.90 Å². The van der Waals surface area contributed by atoms with Crippen molar-refractivity contribution in [3.8, 4) is 23.0 Å². The van der Waals surface area contributed by atoms with E-state index in [9.17, 15) is 19.2 Å². The van der Waals surface area contributed by atoms with Crippen molar-refractivity contribution < 1.29 is 38.1 Å². The maximum absolute atomic E-state index is 13.6. The Morgan fingerprint density at radius 1 is 0.884 bits per heavy atom. The highest BCUT2D eigenvalue weighted by atomic mass is 79.9. The van der Waals surface area contributed by atoms with Crippen molar-refractivity contribution in [1.29, 1.82) is 0 Å². The highest BCUT2D eigenvalue weighted by Gasteiger charge is 2.38. The largest absolute Gasteiger partial charge is 0.494 e. The number of benzene rings is 3. The van der Waals surface area contributed by atoms with Crippen LogP contribution in [-0.4, -0.2) is 50.2 Å². The van der Waals surface area contributed by atoms with E-state index in [-0.39, 0.29) is 54.2 Å². The molecule has 0 saturated carbocycles. The lowest BCUT2D eigenvalue weighted by molar-refractivity contribution is -0.122. The second-order valence-electron chi connectivity index (χ2n) is 8.92. The Hall–Kier alpha value is -4.84. The third-order valence-corrected chi connectivity index (χ3v) is 6.52. The monoisotopic (exact) mass is 651 g/mol. The van der Waals surface area contributed by atoms with Gasteiger partial charge in [-0.25, -0.2) is 9.69 Å². The van der Waals surface area contributed by atoms with E-state index >= 15 is 0 Å². The van der Waals surface area contributed by atoms with Crippen molar-refractivity contribution in [3.63, 3.8) is 0 Å². The highest BCUT2D eigenvalue weighted by Crippen LogP contribution is 2.39. The number of imide groups is 2. The quantitative estimate of drug-likeness (QED) is 0.198. The molecule has 5 amide bonds. The molecule has 0 radical (unpaired) electrons. The van der Waals surface area contributed by atoms with Gasteiger partial charge in [-0.3, -0.25) is 19.7 Å². The predicted octanol–water partition coefficient (Wildman–Crippen LogP) is 5.33. The Morgan fingerprint density at radius 3 is 2.28 bits per heavy atom. The van der Waals surface area contributed by atoms with Crippen molar-refractivity contribution >= 4 is 57.1 Å². The molecule has 0 spiro atoms. The summed E-state index contributed by atoms with van der Waals surface area (Å²) in [5, 5.41) is 4.96. The van der Waals surface area contributed by atoms with E-state index in [1.807, 2.05) is 6.07 Å². The number of para-hydroxylation sites is 1. The summed E-state index contributed by atoms with van der Waals surface area (Å²) in [6, 6.07) is 16.0. The number of rotatable bonds is 12. The van der Waals surface area contributed by atoms with Gasteiger partial charge in [0.05, 0.1) is 30.0 Å². The molecule has 1 aliphatic heterocycles. The molecular weight excluding hydrogens is 622 g/mol. The lowest BCUT2D eigenvalue weighted by Crippen LogP contribution is -2.54. The van der Waals surface area contributed by atoms with Crippen LogP contribution >= 0.6 is 15.9 Å². The number of nitrogens with one attached hydrogen (secondary N) is 2. The molecule has 12 heteroatoms. The van der Waals surface area contributed by atoms with Crippen molar-refractivity contribution in [2.45, 2.75) is 20.8 Å². The standard InChI is InChI=1S/C31H30BrN3O8/c1-4-40-21-12-13-25(41-5-2)24(17-21)35-30(38)22(29(37)34-31(35)39)14-19-15-23(32)28(26(16-19)42-6-3)43-18-27(36)33-20-10-8-7-9-11-20/h7-17H,4-6,18H2,1-3H3,(H,33,36)(H,34,37,39)/b22-14+. The average molecular weight is 652 g/mol.